The first kappa shape index (κ1) is 18.9. The average molecular weight is 333 g/mol. The molecule has 1 heterocycles. The number of hydrogen-bond donors (Lipinski definition) is 5. The van der Waals surface area contributed by atoms with Crippen LogP contribution in [0.25, 0.3) is 0 Å². The monoisotopic (exact) mass is 333 g/mol. The second-order valence-corrected chi connectivity index (χ2v) is 6.54. The normalized spacial score (nSPS) is 17.2. The topological polar surface area (TPSA) is 142 Å². The van der Waals surface area contributed by atoms with Gasteiger partial charge in [-0.05, 0) is 17.7 Å². The zero-order chi connectivity index (χ0) is 16.9. The molecule has 1 aromatic heterocycles. The van der Waals surface area contributed by atoms with Crippen molar-refractivity contribution in [1.29, 1.82) is 0 Å². The number of hydrogen-bond acceptors (Lipinski definition) is 8. The number of aliphatic hydroxyl groups is 4. The fourth-order valence-electron chi connectivity index (χ4n) is 1.76. The van der Waals surface area contributed by atoms with Crippen molar-refractivity contribution in [2.24, 2.45) is 5.92 Å². The molecular weight excluding hydrogens is 310 g/mol. The van der Waals surface area contributed by atoms with Crippen molar-refractivity contribution in [3.8, 4) is 0 Å². The summed E-state index contributed by atoms with van der Waals surface area (Å²) < 4.78 is 1.15. The third-order valence-corrected chi connectivity index (χ3v) is 4.66. The average Bonchev–Trinajstić information content (AvgIpc) is 2.46. The molecule has 8 nitrogen and oxygen atoms in total. The molecule has 0 saturated heterocycles. The summed E-state index contributed by atoms with van der Waals surface area (Å²) in [5.41, 5.74) is 4.78. The quantitative estimate of drug-likeness (QED) is 0.399. The fraction of sp³-hybridized carbons (Fsp3) is 0.692. The van der Waals surface area contributed by atoms with Gasteiger partial charge in [0, 0.05) is 6.20 Å². The lowest BCUT2D eigenvalue weighted by Crippen LogP contribution is -2.45. The van der Waals surface area contributed by atoms with E-state index in [1.54, 1.807) is 0 Å². The first-order chi connectivity index (χ1) is 10.3. The number of aliphatic hydroxyl groups excluding tert-OH is 4. The lowest BCUT2D eigenvalue weighted by Gasteiger charge is -2.30. The first-order valence-corrected chi connectivity index (χ1v) is 7.94. The van der Waals surface area contributed by atoms with Gasteiger partial charge in [0.05, 0.1) is 6.61 Å². The van der Waals surface area contributed by atoms with E-state index in [0.29, 0.717) is 5.75 Å². The molecular formula is C13H23N3O5S. The highest BCUT2D eigenvalue weighted by Crippen LogP contribution is 2.29. The van der Waals surface area contributed by atoms with Crippen LogP contribution in [0, 0.1) is 5.92 Å². The van der Waals surface area contributed by atoms with E-state index in [0.717, 1.165) is 4.57 Å². The van der Waals surface area contributed by atoms with Gasteiger partial charge in [-0.25, -0.2) is 4.79 Å². The molecule has 126 valence electrons. The van der Waals surface area contributed by atoms with Gasteiger partial charge < -0.3 is 26.2 Å². The molecule has 22 heavy (non-hydrogen) atoms. The maximum atomic E-state index is 11.9. The Balaban J connectivity index is 3.09. The molecule has 0 unspecified atom stereocenters. The van der Waals surface area contributed by atoms with Crippen LogP contribution in [-0.4, -0.2) is 60.6 Å². The van der Waals surface area contributed by atoms with E-state index in [1.165, 1.54) is 24.0 Å². The van der Waals surface area contributed by atoms with Crippen LogP contribution in [0.5, 0.6) is 0 Å². The van der Waals surface area contributed by atoms with Crippen molar-refractivity contribution in [2.75, 3.05) is 18.1 Å². The molecule has 1 aromatic rings. The van der Waals surface area contributed by atoms with Gasteiger partial charge in [-0.15, -0.1) is 11.8 Å². The molecule has 0 fully saturated rings. The molecule has 0 spiro atoms. The predicted molar refractivity (Wildman–Crippen MR) is 84.3 cm³/mol. The zero-order valence-electron chi connectivity index (χ0n) is 12.5. The molecule has 0 saturated carbocycles. The van der Waals surface area contributed by atoms with E-state index in [2.05, 4.69) is 4.98 Å². The number of aromatic nitrogens is 2. The van der Waals surface area contributed by atoms with Crippen molar-refractivity contribution >= 4 is 17.6 Å². The van der Waals surface area contributed by atoms with Gasteiger partial charge in [-0.1, -0.05) is 13.8 Å². The molecule has 9 heteroatoms. The Morgan fingerprint density at radius 1 is 1.32 bits per heavy atom. The predicted octanol–water partition coefficient (Wildman–Crippen LogP) is -1.21. The van der Waals surface area contributed by atoms with Crippen LogP contribution >= 0.6 is 11.8 Å². The summed E-state index contributed by atoms with van der Waals surface area (Å²) in [5.74, 6) is 0.955. The maximum absolute atomic E-state index is 11.9. The molecule has 0 aliphatic heterocycles. The van der Waals surface area contributed by atoms with E-state index in [9.17, 15) is 20.1 Å². The van der Waals surface area contributed by atoms with Crippen molar-refractivity contribution in [3.05, 3.63) is 22.7 Å². The van der Waals surface area contributed by atoms with Crippen LogP contribution < -0.4 is 11.4 Å². The summed E-state index contributed by atoms with van der Waals surface area (Å²) in [6.45, 7) is 3.24. The van der Waals surface area contributed by atoms with Crippen molar-refractivity contribution in [3.63, 3.8) is 0 Å². The summed E-state index contributed by atoms with van der Waals surface area (Å²) in [4.78, 5) is 15.5. The lowest BCUT2D eigenvalue weighted by molar-refractivity contribution is -0.0821. The Bertz CT molecular complexity index is 525. The number of rotatable bonds is 8. The van der Waals surface area contributed by atoms with Gasteiger partial charge in [-0.3, -0.25) is 4.57 Å². The highest BCUT2D eigenvalue weighted by Gasteiger charge is 2.33. The minimum atomic E-state index is -1.60. The molecule has 0 amide bonds. The molecule has 1 rings (SSSR count). The zero-order valence-corrected chi connectivity index (χ0v) is 13.3. The Labute approximate surface area is 132 Å². The summed E-state index contributed by atoms with van der Waals surface area (Å²) in [6, 6.07) is 1.41. The van der Waals surface area contributed by atoms with Crippen LogP contribution in [-0.2, 0) is 0 Å². The van der Waals surface area contributed by atoms with Crippen molar-refractivity contribution < 1.29 is 20.4 Å². The fourth-order valence-corrected chi connectivity index (χ4v) is 3.02. The highest BCUT2D eigenvalue weighted by molar-refractivity contribution is 7.99. The van der Waals surface area contributed by atoms with E-state index in [-0.39, 0.29) is 11.7 Å². The SMILES string of the molecule is CC(C)CS[C@@H]([C@H](O)[C@H](O)[C@H](O)CO)n1ccc(N)nc1=O. The van der Waals surface area contributed by atoms with Crippen LogP contribution in [0.2, 0.25) is 0 Å². The molecule has 0 aliphatic rings. The van der Waals surface area contributed by atoms with E-state index < -0.39 is 36.0 Å². The molecule has 0 radical (unpaired) electrons. The molecule has 4 atom stereocenters. The second-order valence-electron chi connectivity index (χ2n) is 5.39. The third kappa shape index (κ3) is 4.96. The molecule has 0 aromatic carbocycles. The molecule has 6 N–H and O–H groups in total. The molecule has 0 aliphatic carbocycles. The van der Waals surface area contributed by atoms with Crippen LogP contribution in [0.15, 0.2) is 17.1 Å². The number of thioether (sulfide) groups is 1. The Morgan fingerprint density at radius 2 is 1.95 bits per heavy atom. The van der Waals surface area contributed by atoms with Gasteiger partial charge in [0.15, 0.2) is 0 Å². The van der Waals surface area contributed by atoms with Crippen LogP contribution in [0.1, 0.15) is 19.2 Å². The standard InChI is InChI=1S/C13H23N3O5S/c1-7(2)6-22-12(11(20)10(19)8(18)5-17)16-4-3-9(14)15-13(16)21/h3-4,7-8,10-12,17-20H,5-6H2,1-2H3,(H2,14,15,21)/t8-,10-,11-,12+/m1/s1. The van der Waals surface area contributed by atoms with Gasteiger partial charge in [0.2, 0.25) is 0 Å². The van der Waals surface area contributed by atoms with Gasteiger partial charge >= 0.3 is 5.69 Å². The molecule has 0 bridgehead atoms. The minimum Gasteiger partial charge on any atom is -0.394 e. The van der Waals surface area contributed by atoms with Gasteiger partial charge in [0.1, 0.15) is 29.5 Å². The van der Waals surface area contributed by atoms with E-state index in [1.807, 2.05) is 13.8 Å². The van der Waals surface area contributed by atoms with E-state index in [4.69, 9.17) is 10.8 Å². The van der Waals surface area contributed by atoms with Crippen LogP contribution in [0.4, 0.5) is 5.82 Å². The smallest absolute Gasteiger partial charge is 0.350 e. The van der Waals surface area contributed by atoms with Crippen molar-refractivity contribution in [1.82, 2.24) is 9.55 Å². The third-order valence-electron chi connectivity index (χ3n) is 2.95. The lowest BCUT2D eigenvalue weighted by atomic mass is 10.1. The van der Waals surface area contributed by atoms with Crippen molar-refractivity contribution in [2.45, 2.75) is 37.5 Å². The highest BCUT2D eigenvalue weighted by atomic mass is 32.2. The minimum absolute atomic E-state index is 0.0549. The van der Waals surface area contributed by atoms with Gasteiger partial charge in [-0.2, -0.15) is 4.98 Å². The van der Waals surface area contributed by atoms with Crippen LogP contribution in [0.3, 0.4) is 0 Å². The second kappa shape index (κ2) is 8.49. The van der Waals surface area contributed by atoms with Gasteiger partial charge in [0.25, 0.3) is 0 Å². The summed E-state index contributed by atoms with van der Waals surface area (Å²) >= 11 is 1.25. The van der Waals surface area contributed by atoms with E-state index >= 15 is 0 Å². The summed E-state index contributed by atoms with van der Waals surface area (Å²) in [7, 11) is 0. The summed E-state index contributed by atoms with van der Waals surface area (Å²) in [5, 5.41) is 37.7. The Morgan fingerprint density at radius 3 is 2.45 bits per heavy atom. The number of nitrogen functional groups attached to an aromatic ring is 1. The largest absolute Gasteiger partial charge is 0.394 e. The first-order valence-electron chi connectivity index (χ1n) is 6.89. The number of anilines is 1. The number of nitrogens with zero attached hydrogens (tertiary/aromatic N) is 2. The maximum Gasteiger partial charge on any atom is 0.350 e. The summed E-state index contributed by atoms with van der Waals surface area (Å²) in [6.07, 6.45) is -3.19. The Hall–Kier alpha value is -1.13. The Kier molecular flexibility index (Phi) is 7.30. The number of nitrogens with two attached hydrogens (primary N) is 1.